The fraction of sp³-hybridized carbons (Fsp3) is 0.278. The quantitative estimate of drug-likeness (QED) is 0.698. The molecular formula is C18H16ClN3O3S2. The first-order valence-electron chi connectivity index (χ1n) is 8.40. The Kier molecular flexibility index (Phi) is 5.49. The van der Waals surface area contributed by atoms with E-state index in [-0.39, 0.29) is 17.7 Å². The monoisotopic (exact) mass is 421 g/mol. The van der Waals surface area contributed by atoms with Gasteiger partial charge >= 0.3 is 0 Å². The summed E-state index contributed by atoms with van der Waals surface area (Å²) in [5.41, 5.74) is 0.909. The van der Waals surface area contributed by atoms with Crippen LogP contribution in [0.1, 0.15) is 10.4 Å². The van der Waals surface area contributed by atoms with Gasteiger partial charge in [0.15, 0.2) is 5.13 Å². The first kappa shape index (κ1) is 18.5. The number of hydrogen-bond donors (Lipinski definition) is 0. The second-order valence-electron chi connectivity index (χ2n) is 6.00. The molecule has 1 aromatic heterocycles. The standard InChI is InChI=1S/C18H16ClN3O3S2/c19-15-13(26-17(20-15)21-6-8-25-9-7-21)10-14-16(23)22(18(24)27-14)11-12-4-2-1-3-5-12/h1-5,10H,6-9,11H2/b14-10-. The number of hydrogen-bond acceptors (Lipinski definition) is 7. The Hall–Kier alpha value is -1.87. The maximum absolute atomic E-state index is 12.7. The molecule has 2 aliphatic heterocycles. The van der Waals surface area contributed by atoms with Gasteiger partial charge in [0.25, 0.3) is 11.1 Å². The topological polar surface area (TPSA) is 62.7 Å². The van der Waals surface area contributed by atoms with Crippen molar-refractivity contribution in [2.24, 2.45) is 0 Å². The lowest BCUT2D eigenvalue weighted by Crippen LogP contribution is -2.36. The van der Waals surface area contributed by atoms with E-state index in [1.807, 2.05) is 30.3 Å². The number of carbonyl (C=O) groups is 2. The predicted molar refractivity (Wildman–Crippen MR) is 108 cm³/mol. The zero-order valence-corrected chi connectivity index (χ0v) is 16.6. The summed E-state index contributed by atoms with van der Waals surface area (Å²) in [6, 6.07) is 9.45. The zero-order chi connectivity index (χ0) is 18.8. The molecule has 0 radical (unpaired) electrons. The van der Waals surface area contributed by atoms with Gasteiger partial charge in [-0.2, -0.15) is 0 Å². The van der Waals surface area contributed by atoms with Crippen molar-refractivity contribution in [2.75, 3.05) is 31.2 Å². The smallest absolute Gasteiger partial charge is 0.293 e. The fourth-order valence-corrected chi connectivity index (χ4v) is 4.95. The van der Waals surface area contributed by atoms with Crippen LogP contribution in [0.5, 0.6) is 0 Å². The van der Waals surface area contributed by atoms with E-state index in [2.05, 4.69) is 9.88 Å². The van der Waals surface area contributed by atoms with Crippen molar-refractivity contribution in [3.8, 4) is 0 Å². The Balaban J connectivity index is 1.53. The van der Waals surface area contributed by atoms with E-state index >= 15 is 0 Å². The maximum Gasteiger partial charge on any atom is 0.293 e. The van der Waals surface area contributed by atoms with E-state index < -0.39 is 0 Å². The minimum absolute atomic E-state index is 0.262. The molecule has 2 aliphatic rings. The van der Waals surface area contributed by atoms with E-state index in [9.17, 15) is 9.59 Å². The highest BCUT2D eigenvalue weighted by molar-refractivity contribution is 8.18. The number of imide groups is 1. The number of ether oxygens (including phenoxy) is 1. The molecule has 2 aromatic rings. The van der Waals surface area contributed by atoms with Crippen molar-refractivity contribution < 1.29 is 14.3 Å². The molecule has 2 saturated heterocycles. The lowest BCUT2D eigenvalue weighted by atomic mass is 10.2. The van der Waals surface area contributed by atoms with Crippen LogP contribution in [0, 0.1) is 0 Å². The van der Waals surface area contributed by atoms with Gasteiger partial charge in [0.05, 0.1) is 29.5 Å². The van der Waals surface area contributed by atoms with Crippen molar-refractivity contribution in [3.63, 3.8) is 0 Å². The molecule has 27 heavy (non-hydrogen) atoms. The van der Waals surface area contributed by atoms with E-state index in [0.717, 1.165) is 35.5 Å². The molecule has 6 nitrogen and oxygen atoms in total. The van der Waals surface area contributed by atoms with E-state index in [4.69, 9.17) is 16.3 Å². The van der Waals surface area contributed by atoms with Crippen LogP contribution in [0.2, 0.25) is 5.15 Å². The molecule has 3 heterocycles. The molecule has 9 heteroatoms. The van der Waals surface area contributed by atoms with Gasteiger partial charge in [0, 0.05) is 13.1 Å². The lowest BCUT2D eigenvalue weighted by Gasteiger charge is -2.25. The summed E-state index contributed by atoms with van der Waals surface area (Å²) in [6.07, 6.45) is 1.67. The van der Waals surface area contributed by atoms with Gasteiger partial charge in [-0.1, -0.05) is 53.3 Å². The number of carbonyl (C=O) groups excluding carboxylic acids is 2. The van der Waals surface area contributed by atoms with Crippen LogP contribution in [0.15, 0.2) is 35.2 Å². The first-order valence-corrected chi connectivity index (χ1v) is 10.4. The second kappa shape index (κ2) is 8.02. The molecule has 0 bridgehead atoms. The number of morpholine rings is 1. The largest absolute Gasteiger partial charge is 0.378 e. The number of amides is 2. The Labute approximate surface area is 169 Å². The summed E-state index contributed by atoms with van der Waals surface area (Å²) in [6.45, 7) is 3.10. The molecule has 0 saturated carbocycles. The van der Waals surface area contributed by atoms with Crippen molar-refractivity contribution in [1.82, 2.24) is 9.88 Å². The average Bonchev–Trinajstić information content (AvgIpc) is 3.18. The summed E-state index contributed by atoms with van der Waals surface area (Å²) in [5, 5.41) is 0.874. The van der Waals surface area contributed by atoms with Crippen molar-refractivity contribution in [1.29, 1.82) is 0 Å². The Morgan fingerprint density at radius 2 is 1.93 bits per heavy atom. The second-order valence-corrected chi connectivity index (χ2v) is 8.36. The molecule has 0 N–H and O–H groups in total. The number of thiazole rings is 1. The number of halogens is 1. The van der Waals surface area contributed by atoms with Gasteiger partial charge in [0.1, 0.15) is 5.15 Å². The Morgan fingerprint density at radius 1 is 1.19 bits per heavy atom. The Bertz CT molecular complexity index is 895. The van der Waals surface area contributed by atoms with Crippen LogP contribution >= 0.6 is 34.7 Å². The normalized spacial score (nSPS) is 19.4. The molecule has 140 valence electrons. The summed E-state index contributed by atoms with van der Waals surface area (Å²) >= 11 is 8.62. The van der Waals surface area contributed by atoms with Crippen molar-refractivity contribution in [2.45, 2.75) is 6.54 Å². The summed E-state index contributed by atoms with van der Waals surface area (Å²) in [7, 11) is 0. The number of benzene rings is 1. The molecule has 4 rings (SSSR count). The van der Waals surface area contributed by atoms with Gasteiger partial charge in [-0.25, -0.2) is 4.98 Å². The molecule has 0 aliphatic carbocycles. The van der Waals surface area contributed by atoms with Gasteiger partial charge in [-0.3, -0.25) is 14.5 Å². The highest BCUT2D eigenvalue weighted by atomic mass is 35.5. The molecular weight excluding hydrogens is 406 g/mol. The molecule has 0 spiro atoms. The van der Waals surface area contributed by atoms with Gasteiger partial charge in [-0.05, 0) is 23.4 Å². The van der Waals surface area contributed by atoms with Crippen LogP contribution in [-0.4, -0.2) is 47.3 Å². The van der Waals surface area contributed by atoms with Crippen LogP contribution in [0.4, 0.5) is 9.93 Å². The fourth-order valence-electron chi connectivity index (χ4n) is 2.80. The summed E-state index contributed by atoms with van der Waals surface area (Å²) in [5.74, 6) is -0.300. The summed E-state index contributed by atoms with van der Waals surface area (Å²) in [4.78, 5) is 33.8. The van der Waals surface area contributed by atoms with Gasteiger partial charge in [0.2, 0.25) is 0 Å². The molecule has 2 amide bonds. The van der Waals surface area contributed by atoms with Crippen molar-refractivity contribution >= 4 is 57.1 Å². The number of anilines is 1. The number of rotatable bonds is 4. The molecule has 1 aromatic carbocycles. The predicted octanol–water partition coefficient (Wildman–Crippen LogP) is 3.87. The third-order valence-electron chi connectivity index (χ3n) is 4.20. The van der Waals surface area contributed by atoms with Crippen LogP contribution < -0.4 is 4.90 Å². The molecule has 0 unspecified atom stereocenters. The van der Waals surface area contributed by atoms with Crippen LogP contribution in [0.3, 0.4) is 0 Å². The minimum atomic E-state index is -0.300. The SMILES string of the molecule is O=C1S/C(=C\c2sc(N3CCOCC3)nc2Cl)C(=O)N1Cc1ccccc1. The molecule has 2 fully saturated rings. The average molecular weight is 422 g/mol. The lowest BCUT2D eigenvalue weighted by molar-refractivity contribution is -0.123. The van der Waals surface area contributed by atoms with Crippen LogP contribution in [0.25, 0.3) is 6.08 Å². The van der Waals surface area contributed by atoms with Crippen molar-refractivity contribution in [3.05, 3.63) is 50.8 Å². The van der Waals surface area contributed by atoms with Gasteiger partial charge in [-0.15, -0.1) is 0 Å². The third kappa shape index (κ3) is 4.03. The third-order valence-corrected chi connectivity index (χ3v) is 6.57. The van der Waals surface area contributed by atoms with E-state index in [1.54, 1.807) is 6.08 Å². The zero-order valence-electron chi connectivity index (χ0n) is 14.3. The number of thioether (sulfide) groups is 1. The number of aromatic nitrogens is 1. The van der Waals surface area contributed by atoms with E-state index in [1.165, 1.54) is 16.2 Å². The maximum atomic E-state index is 12.7. The van der Waals surface area contributed by atoms with Gasteiger partial charge < -0.3 is 9.64 Å². The first-order chi connectivity index (χ1) is 13.1. The highest BCUT2D eigenvalue weighted by Crippen LogP contribution is 2.37. The highest BCUT2D eigenvalue weighted by Gasteiger charge is 2.35. The number of nitrogens with zero attached hydrogens (tertiary/aromatic N) is 3. The van der Waals surface area contributed by atoms with E-state index in [0.29, 0.717) is 28.1 Å². The minimum Gasteiger partial charge on any atom is -0.378 e. The Morgan fingerprint density at radius 3 is 2.67 bits per heavy atom. The summed E-state index contributed by atoms with van der Waals surface area (Å²) < 4.78 is 5.35. The molecule has 0 atom stereocenters. The van der Waals surface area contributed by atoms with Crippen LogP contribution in [-0.2, 0) is 16.1 Å².